The van der Waals surface area contributed by atoms with E-state index in [1.807, 2.05) is 0 Å². The Labute approximate surface area is 120 Å². The number of aromatic carboxylic acids is 1. The highest BCUT2D eigenvalue weighted by Crippen LogP contribution is 2.34. The molecule has 1 aromatic carbocycles. The molecule has 2 aromatic rings. The van der Waals surface area contributed by atoms with Crippen LogP contribution in [0.4, 0.5) is 4.39 Å². The Bertz CT molecular complexity index is 661. The van der Waals surface area contributed by atoms with Gasteiger partial charge in [0.05, 0.1) is 0 Å². The summed E-state index contributed by atoms with van der Waals surface area (Å²) in [5, 5.41) is 13.1. The van der Waals surface area contributed by atoms with E-state index in [1.54, 1.807) is 12.1 Å². The van der Waals surface area contributed by atoms with Gasteiger partial charge in [0.15, 0.2) is 0 Å². The fourth-order valence-corrected chi connectivity index (χ4v) is 3.90. The Balaban J connectivity index is 1.94. The third kappa shape index (κ3) is 2.31. The SMILES string of the molecule is CC1CC(NCc2c(C(=O)O)sc3cccc(F)c23)C1. The molecule has 1 saturated carbocycles. The second-order valence-corrected chi connectivity index (χ2v) is 6.53. The lowest BCUT2D eigenvalue weighted by atomic mass is 9.82. The van der Waals surface area contributed by atoms with Crippen LogP contribution in [-0.2, 0) is 6.54 Å². The predicted octanol–water partition coefficient (Wildman–Crippen LogP) is 3.63. The molecule has 0 amide bonds. The largest absolute Gasteiger partial charge is 0.477 e. The molecule has 1 aromatic heterocycles. The number of carbonyl (C=O) groups is 1. The fourth-order valence-electron chi connectivity index (χ4n) is 2.82. The number of thiophene rings is 1. The van der Waals surface area contributed by atoms with Crippen LogP contribution in [0.5, 0.6) is 0 Å². The standard InChI is InChI=1S/C15H16FNO2S/c1-8-5-9(6-8)17-7-10-13-11(16)3-2-4-12(13)20-14(10)15(18)19/h2-4,8-9,17H,5-7H2,1H3,(H,18,19). The number of halogens is 1. The first-order valence-corrected chi connectivity index (χ1v) is 7.54. The summed E-state index contributed by atoms with van der Waals surface area (Å²) >= 11 is 1.14. The molecular formula is C15H16FNO2S. The van der Waals surface area contributed by atoms with Crippen LogP contribution >= 0.6 is 11.3 Å². The maximum absolute atomic E-state index is 14.0. The average molecular weight is 293 g/mol. The van der Waals surface area contributed by atoms with Gasteiger partial charge in [0.25, 0.3) is 0 Å². The number of carboxylic acid groups (broad SMARTS) is 1. The van der Waals surface area contributed by atoms with E-state index >= 15 is 0 Å². The summed E-state index contributed by atoms with van der Waals surface area (Å²) in [4.78, 5) is 11.6. The number of hydrogen-bond acceptors (Lipinski definition) is 3. The van der Waals surface area contributed by atoms with Gasteiger partial charge in [-0.2, -0.15) is 0 Å². The van der Waals surface area contributed by atoms with Crippen molar-refractivity contribution in [1.82, 2.24) is 5.32 Å². The van der Waals surface area contributed by atoms with Crippen molar-refractivity contribution in [2.75, 3.05) is 0 Å². The predicted molar refractivity (Wildman–Crippen MR) is 77.8 cm³/mol. The lowest BCUT2D eigenvalue weighted by Gasteiger charge is -2.33. The molecule has 3 nitrogen and oxygen atoms in total. The van der Waals surface area contributed by atoms with Gasteiger partial charge in [-0.05, 0) is 30.9 Å². The molecule has 1 aliphatic carbocycles. The first-order valence-electron chi connectivity index (χ1n) is 6.73. The highest BCUT2D eigenvalue weighted by atomic mass is 32.1. The summed E-state index contributed by atoms with van der Waals surface area (Å²) in [6.45, 7) is 2.61. The number of rotatable bonds is 4. The van der Waals surface area contributed by atoms with Crippen LogP contribution in [0.1, 0.15) is 35.0 Å². The Hall–Kier alpha value is -1.46. The van der Waals surface area contributed by atoms with Crippen molar-refractivity contribution in [3.8, 4) is 0 Å². The number of benzene rings is 1. The summed E-state index contributed by atoms with van der Waals surface area (Å²) < 4.78 is 14.7. The van der Waals surface area contributed by atoms with E-state index in [9.17, 15) is 14.3 Å². The zero-order valence-corrected chi connectivity index (χ0v) is 12.0. The van der Waals surface area contributed by atoms with Gasteiger partial charge in [-0.15, -0.1) is 11.3 Å². The molecule has 0 saturated heterocycles. The molecule has 1 aliphatic rings. The van der Waals surface area contributed by atoms with E-state index in [4.69, 9.17) is 0 Å². The van der Waals surface area contributed by atoms with Crippen LogP contribution < -0.4 is 5.32 Å². The summed E-state index contributed by atoms with van der Waals surface area (Å²) in [5.74, 6) is -0.600. The second-order valence-electron chi connectivity index (χ2n) is 5.48. The number of nitrogens with one attached hydrogen (secondary N) is 1. The lowest BCUT2D eigenvalue weighted by Crippen LogP contribution is -2.39. The van der Waals surface area contributed by atoms with Crippen molar-refractivity contribution in [1.29, 1.82) is 0 Å². The minimum Gasteiger partial charge on any atom is -0.477 e. The molecule has 0 radical (unpaired) electrons. The normalized spacial score (nSPS) is 21.9. The molecule has 0 aliphatic heterocycles. The van der Waals surface area contributed by atoms with Gasteiger partial charge in [0, 0.05) is 28.2 Å². The van der Waals surface area contributed by atoms with Crippen LogP contribution in [0.2, 0.25) is 0 Å². The van der Waals surface area contributed by atoms with Crippen LogP contribution in [0.15, 0.2) is 18.2 Å². The van der Waals surface area contributed by atoms with Gasteiger partial charge in [-0.1, -0.05) is 13.0 Å². The highest BCUT2D eigenvalue weighted by molar-refractivity contribution is 7.21. The third-order valence-corrected chi connectivity index (χ3v) is 5.08. The van der Waals surface area contributed by atoms with Gasteiger partial charge < -0.3 is 10.4 Å². The van der Waals surface area contributed by atoms with Crippen molar-refractivity contribution in [3.63, 3.8) is 0 Å². The molecule has 0 unspecified atom stereocenters. The van der Waals surface area contributed by atoms with Crippen LogP contribution in [-0.4, -0.2) is 17.1 Å². The molecule has 20 heavy (non-hydrogen) atoms. The smallest absolute Gasteiger partial charge is 0.346 e. The minimum atomic E-state index is -0.982. The Morgan fingerprint density at radius 3 is 2.90 bits per heavy atom. The molecule has 1 fully saturated rings. The van der Waals surface area contributed by atoms with Crippen LogP contribution in [0.25, 0.3) is 10.1 Å². The summed E-state index contributed by atoms with van der Waals surface area (Å²) in [6.07, 6.45) is 2.21. The Kier molecular flexibility index (Phi) is 3.48. The molecule has 2 N–H and O–H groups in total. The molecule has 106 valence electrons. The molecule has 0 atom stereocenters. The van der Waals surface area contributed by atoms with E-state index in [0.717, 1.165) is 30.1 Å². The van der Waals surface area contributed by atoms with Crippen molar-refractivity contribution >= 4 is 27.4 Å². The van der Waals surface area contributed by atoms with E-state index in [0.29, 0.717) is 28.2 Å². The Morgan fingerprint density at radius 2 is 2.25 bits per heavy atom. The summed E-state index contributed by atoms with van der Waals surface area (Å²) in [5.41, 5.74) is 0.579. The van der Waals surface area contributed by atoms with Crippen molar-refractivity contribution in [3.05, 3.63) is 34.5 Å². The molecule has 5 heteroatoms. The second kappa shape index (κ2) is 5.14. The molecule has 3 rings (SSSR count). The van der Waals surface area contributed by atoms with Crippen molar-refractivity contribution in [2.24, 2.45) is 5.92 Å². The van der Waals surface area contributed by atoms with Crippen molar-refractivity contribution in [2.45, 2.75) is 32.4 Å². The molecule has 0 bridgehead atoms. The number of hydrogen-bond donors (Lipinski definition) is 2. The zero-order chi connectivity index (χ0) is 14.3. The quantitative estimate of drug-likeness (QED) is 0.905. The number of carboxylic acids is 1. The van der Waals surface area contributed by atoms with Gasteiger partial charge in [-0.25, -0.2) is 9.18 Å². The van der Waals surface area contributed by atoms with Gasteiger partial charge in [0.1, 0.15) is 10.7 Å². The van der Waals surface area contributed by atoms with E-state index in [2.05, 4.69) is 12.2 Å². The van der Waals surface area contributed by atoms with Gasteiger partial charge >= 0.3 is 5.97 Å². The summed E-state index contributed by atoms with van der Waals surface area (Å²) in [7, 11) is 0. The molecular weight excluding hydrogens is 277 g/mol. The topological polar surface area (TPSA) is 49.3 Å². The maximum atomic E-state index is 14.0. The highest BCUT2D eigenvalue weighted by Gasteiger charge is 2.26. The van der Waals surface area contributed by atoms with E-state index in [-0.39, 0.29) is 10.7 Å². The number of fused-ring (bicyclic) bond motifs is 1. The lowest BCUT2D eigenvalue weighted by molar-refractivity contribution is 0.0701. The fraction of sp³-hybridized carbons (Fsp3) is 0.400. The summed E-state index contributed by atoms with van der Waals surface area (Å²) in [6, 6.07) is 5.19. The van der Waals surface area contributed by atoms with E-state index < -0.39 is 5.97 Å². The Morgan fingerprint density at radius 1 is 1.50 bits per heavy atom. The van der Waals surface area contributed by atoms with Gasteiger partial charge in [0.2, 0.25) is 0 Å². The van der Waals surface area contributed by atoms with Crippen LogP contribution in [0, 0.1) is 11.7 Å². The molecule has 1 heterocycles. The third-order valence-electron chi connectivity index (χ3n) is 3.90. The average Bonchev–Trinajstić information content (AvgIpc) is 2.73. The molecule has 0 spiro atoms. The zero-order valence-electron chi connectivity index (χ0n) is 11.1. The van der Waals surface area contributed by atoms with E-state index in [1.165, 1.54) is 6.07 Å². The first kappa shape index (κ1) is 13.5. The maximum Gasteiger partial charge on any atom is 0.346 e. The minimum absolute atomic E-state index is 0.241. The first-order chi connectivity index (χ1) is 9.56. The van der Waals surface area contributed by atoms with Crippen LogP contribution in [0.3, 0.4) is 0 Å². The monoisotopic (exact) mass is 293 g/mol. The van der Waals surface area contributed by atoms with Crippen molar-refractivity contribution < 1.29 is 14.3 Å². The van der Waals surface area contributed by atoms with Gasteiger partial charge in [-0.3, -0.25) is 0 Å².